The Morgan fingerprint density at radius 2 is 1.58 bits per heavy atom. The van der Waals surface area contributed by atoms with E-state index in [-0.39, 0.29) is 6.42 Å². The molecule has 0 bridgehead atoms. The van der Waals surface area contributed by atoms with Gasteiger partial charge in [0.05, 0.1) is 26.9 Å². The first-order valence-electron chi connectivity index (χ1n) is 10.0. The molecule has 0 heterocycles. The maximum atomic E-state index is 13.1. The van der Waals surface area contributed by atoms with Gasteiger partial charge in [0, 0.05) is 12.1 Å². The quantitative estimate of drug-likeness (QED) is 0.558. The standard InChI is InChI=1S/C22H30N2O5SSi/c1-6-21(25)24-30(27,28)15-20(16-7-11-18(29-2)12-8-16)22(26)23-17-9-13-19(14-10-17)31(3,4)5/h7-14,20H,6,15H2,1-5H3,(H,23,26)(H,24,25). The first-order valence-corrected chi connectivity index (χ1v) is 15.2. The Labute approximate surface area is 185 Å². The highest BCUT2D eigenvalue weighted by Gasteiger charge is 2.28. The number of sulfonamides is 1. The van der Waals surface area contributed by atoms with Gasteiger partial charge in [0.15, 0.2) is 0 Å². The van der Waals surface area contributed by atoms with E-state index < -0.39 is 41.6 Å². The van der Waals surface area contributed by atoms with Crippen molar-refractivity contribution in [3.8, 4) is 5.75 Å². The molecule has 1 atom stereocenters. The van der Waals surface area contributed by atoms with Crippen molar-refractivity contribution in [2.45, 2.75) is 38.9 Å². The molecule has 2 rings (SSSR count). The highest BCUT2D eigenvalue weighted by molar-refractivity contribution is 7.90. The molecule has 2 N–H and O–H groups in total. The summed E-state index contributed by atoms with van der Waals surface area (Å²) in [5, 5.41) is 4.06. The third-order valence-corrected chi connectivity index (χ3v) is 8.21. The van der Waals surface area contributed by atoms with E-state index in [1.165, 1.54) is 12.3 Å². The summed E-state index contributed by atoms with van der Waals surface area (Å²) in [6, 6.07) is 14.2. The van der Waals surface area contributed by atoms with E-state index in [4.69, 9.17) is 4.74 Å². The van der Waals surface area contributed by atoms with Crippen molar-refractivity contribution in [3.05, 3.63) is 54.1 Å². The molecule has 2 aromatic rings. The minimum absolute atomic E-state index is 0.0298. The van der Waals surface area contributed by atoms with Crippen LogP contribution in [-0.2, 0) is 19.6 Å². The van der Waals surface area contributed by atoms with Crippen molar-refractivity contribution in [1.29, 1.82) is 0 Å². The van der Waals surface area contributed by atoms with Crippen LogP contribution < -0.4 is 20.0 Å². The molecule has 2 aromatic carbocycles. The number of amides is 2. The Morgan fingerprint density at radius 1 is 1.00 bits per heavy atom. The lowest BCUT2D eigenvalue weighted by Gasteiger charge is -2.19. The summed E-state index contributed by atoms with van der Waals surface area (Å²) >= 11 is 0. The normalized spacial score (nSPS) is 12.7. The lowest BCUT2D eigenvalue weighted by Crippen LogP contribution is -2.38. The average Bonchev–Trinajstić information content (AvgIpc) is 2.71. The van der Waals surface area contributed by atoms with Gasteiger partial charge in [0.1, 0.15) is 5.75 Å². The Hall–Kier alpha value is -2.65. The minimum atomic E-state index is -4.01. The van der Waals surface area contributed by atoms with Gasteiger partial charge in [-0.1, -0.05) is 56.0 Å². The summed E-state index contributed by atoms with van der Waals surface area (Å²) in [5.74, 6) is -2.06. The van der Waals surface area contributed by atoms with E-state index in [9.17, 15) is 18.0 Å². The molecule has 9 heteroatoms. The fraction of sp³-hybridized carbons (Fsp3) is 0.364. The van der Waals surface area contributed by atoms with Crippen LogP contribution in [0.3, 0.4) is 0 Å². The number of methoxy groups -OCH3 is 1. The summed E-state index contributed by atoms with van der Waals surface area (Å²) in [6.07, 6.45) is 0.0298. The van der Waals surface area contributed by atoms with E-state index >= 15 is 0 Å². The molecule has 168 valence electrons. The van der Waals surface area contributed by atoms with Crippen LogP contribution in [0.5, 0.6) is 5.75 Å². The smallest absolute Gasteiger partial charge is 0.235 e. The number of anilines is 1. The van der Waals surface area contributed by atoms with Gasteiger partial charge in [-0.2, -0.15) is 0 Å². The molecule has 0 spiro atoms. The monoisotopic (exact) mass is 462 g/mol. The Kier molecular flexibility index (Phi) is 8.02. The molecule has 31 heavy (non-hydrogen) atoms. The second-order valence-corrected chi connectivity index (χ2v) is 15.1. The maximum absolute atomic E-state index is 13.1. The lowest BCUT2D eigenvalue weighted by atomic mass is 10.00. The number of hydrogen-bond donors (Lipinski definition) is 2. The Bertz CT molecular complexity index is 1010. The molecule has 0 aliphatic rings. The van der Waals surface area contributed by atoms with Gasteiger partial charge >= 0.3 is 0 Å². The molecule has 0 fully saturated rings. The molecule has 0 saturated carbocycles. The number of ether oxygens (including phenoxy) is 1. The van der Waals surface area contributed by atoms with Crippen LogP contribution in [0.1, 0.15) is 24.8 Å². The first-order chi connectivity index (χ1) is 14.4. The van der Waals surface area contributed by atoms with Gasteiger partial charge in [-0.3, -0.25) is 14.3 Å². The summed E-state index contributed by atoms with van der Waals surface area (Å²) in [5.41, 5.74) is 1.09. The Morgan fingerprint density at radius 3 is 2.06 bits per heavy atom. The van der Waals surface area contributed by atoms with Crippen LogP contribution in [0, 0.1) is 0 Å². The van der Waals surface area contributed by atoms with E-state index in [1.54, 1.807) is 31.2 Å². The second-order valence-electron chi connectivity index (χ2n) is 8.30. The zero-order valence-electron chi connectivity index (χ0n) is 18.6. The van der Waals surface area contributed by atoms with Gasteiger partial charge in [0.25, 0.3) is 0 Å². The summed E-state index contributed by atoms with van der Waals surface area (Å²) in [6.45, 7) is 8.25. The minimum Gasteiger partial charge on any atom is -0.497 e. The summed E-state index contributed by atoms with van der Waals surface area (Å²) in [4.78, 5) is 24.7. The zero-order chi connectivity index (χ0) is 23.2. The van der Waals surface area contributed by atoms with Crippen molar-refractivity contribution in [1.82, 2.24) is 4.72 Å². The molecule has 0 aliphatic heterocycles. The summed E-state index contributed by atoms with van der Waals surface area (Å²) < 4.78 is 32.1. The van der Waals surface area contributed by atoms with Crippen LogP contribution in [-0.4, -0.2) is 41.2 Å². The van der Waals surface area contributed by atoms with Gasteiger partial charge in [-0.25, -0.2) is 8.42 Å². The van der Waals surface area contributed by atoms with Crippen LogP contribution in [0.2, 0.25) is 19.6 Å². The number of rotatable bonds is 9. The van der Waals surface area contributed by atoms with Crippen molar-refractivity contribution in [3.63, 3.8) is 0 Å². The SMILES string of the molecule is CCC(=O)NS(=O)(=O)CC(C(=O)Nc1ccc([Si](C)(C)C)cc1)c1ccc(OC)cc1. The predicted octanol–water partition coefficient (Wildman–Crippen LogP) is 2.82. The van der Waals surface area contributed by atoms with Crippen LogP contribution >= 0.6 is 0 Å². The van der Waals surface area contributed by atoms with E-state index in [0.717, 1.165) is 0 Å². The predicted molar refractivity (Wildman–Crippen MR) is 126 cm³/mol. The molecule has 1 unspecified atom stereocenters. The van der Waals surface area contributed by atoms with E-state index in [1.807, 2.05) is 29.0 Å². The molecule has 2 amide bonds. The molecule has 7 nitrogen and oxygen atoms in total. The molecule has 0 radical (unpaired) electrons. The topological polar surface area (TPSA) is 102 Å². The fourth-order valence-corrected chi connectivity index (χ4v) is 5.47. The molecular formula is C22H30N2O5SSi. The molecule has 0 saturated heterocycles. The maximum Gasteiger partial charge on any atom is 0.235 e. The van der Waals surface area contributed by atoms with Crippen molar-refractivity contribution >= 4 is 40.8 Å². The molecule has 0 aliphatic carbocycles. The van der Waals surface area contributed by atoms with Crippen LogP contribution in [0.4, 0.5) is 5.69 Å². The lowest BCUT2D eigenvalue weighted by molar-refractivity contribution is -0.119. The number of benzene rings is 2. The molecule has 0 aromatic heterocycles. The Balaban J connectivity index is 2.30. The second kappa shape index (κ2) is 10.1. The average molecular weight is 463 g/mol. The largest absolute Gasteiger partial charge is 0.497 e. The third-order valence-electron chi connectivity index (χ3n) is 4.83. The highest BCUT2D eigenvalue weighted by atomic mass is 32.2. The summed E-state index contributed by atoms with van der Waals surface area (Å²) in [7, 11) is -3.96. The van der Waals surface area contributed by atoms with Gasteiger partial charge in [0.2, 0.25) is 21.8 Å². The third kappa shape index (κ3) is 7.22. The van der Waals surface area contributed by atoms with Gasteiger partial charge < -0.3 is 10.1 Å². The van der Waals surface area contributed by atoms with Gasteiger partial charge in [-0.05, 0) is 29.8 Å². The molecular weight excluding hydrogens is 432 g/mol. The fourth-order valence-electron chi connectivity index (χ4n) is 2.95. The zero-order valence-corrected chi connectivity index (χ0v) is 20.4. The number of hydrogen-bond acceptors (Lipinski definition) is 5. The first kappa shape index (κ1) is 24.6. The van der Waals surface area contributed by atoms with Crippen LogP contribution in [0.15, 0.2) is 48.5 Å². The number of nitrogens with one attached hydrogen (secondary N) is 2. The van der Waals surface area contributed by atoms with Crippen molar-refractivity contribution in [2.75, 3.05) is 18.2 Å². The van der Waals surface area contributed by atoms with E-state index in [0.29, 0.717) is 17.0 Å². The van der Waals surface area contributed by atoms with E-state index in [2.05, 4.69) is 25.0 Å². The highest BCUT2D eigenvalue weighted by Crippen LogP contribution is 2.23. The van der Waals surface area contributed by atoms with Crippen molar-refractivity contribution in [2.24, 2.45) is 0 Å². The van der Waals surface area contributed by atoms with Gasteiger partial charge in [-0.15, -0.1) is 0 Å². The number of carbonyl (C=O) groups is 2. The number of carbonyl (C=O) groups excluding carboxylic acids is 2. The van der Waals surface area contributed by atoms with Crippen molar-refractivity contribution < 1.29 is 22.7 Å². The van der Waals surface area contributed by atoms with Crippen LogP contribution in [0.25, 0.3) is 0 Å².